The fourth-order valence-corrected chi connectivity index (χ4v) is 5.24. The third-order valence-corrected chi connectivity index (χ3v) is 6.90. The van der Waals surface area contributed by atoms with Crippen molar-refractivity contribution in [3.05, 3.63) is 108 Å². The van der Waals surface area contributed by atoms with Gasteiger partial charge in [-0.1, -0.05) is 78.9 Å². The molecule has 4 nitrogen and oxygen atoms in total. The third kappa shape index (κ3) is 3.89. The highest BCUT2D eigenvalue weighted by Crippen LogP contribution is 2.46. The number of hydrogen-bond acceptors (Lipinski definition) is 3. The molecule has 154 valence electrons. The van der Waals surface area contributed by atoms with E-state index in [1.807, 2.05) is 83.2 Å². The molecule has 1 aliphatic rings. The molecule has 0 aliphatic carbocycles. The van der Waals surface area contributed by atoms with Gasteiger partial charge in [0.1, 0.15) is 5.37 Å². The van der Waals surface area contributed by atoms with Gasteiger partial charge in [-0.05, 0) is 24.6 Å². The molecular formula is C26H23N3OS. The zero-order chi connectivity index (χ0) is 21.2. The van der Waals surface area contributed by atoms with Crippen molar-refractivity contribution in [3.8, 4) is 16.9 Å². The Kier molecular flexibility index (Phi) is 5.35. The Bertz CT molecular complexity index is 1180. The van der Waals surface area contributed by atoms with E-state index in [0.717, 1.165) is 28.1 Å². The molecule has 0 radical (unpaired) electrons. The zero-order valence-corrected chi connectivity index (χ0v) is 18.1. The van der Waals surface area contributed by atoms with E-state index in [-0.39, 0.29) is 16.5 Å². The molecule has 1 aromatic heterocycles. The van der Waals surface area contributed by atoms with Crippen LogP contribution in [0.5, 0.6) is 0 Å². The second-order valence-electron chi connectivity index (χ2n) is 7.66. The van der Waals surface area contributed by atoms with E-state index in [1.54, 1.807) is 11.8 Å². The number of hydrogen-bond donors (Lipinski definition) is 0. The summed E-state index contributed by atoms with van der Waals surface area (Å²) in [5.74, 6) is 0.172. The predicted octanol–water partition coefficient (Wildman–Crippen LogP) is 5.70. The van der Waals surface area contributed by atoms with Crippen LogP contribution in [0.2, 0.25) is 0 Å². The van der Waals surface area contributed by atoms with Crippen LogP contribution in [0.4, 0.5) is 0 Å². The SMILES string of the molecule is CC1SC(c2cn(-c3ccccc3)nc2-c2ccccc2)N(Cc2ccccc2)C1=O. The Morgan fingerprint density at radius 3 is 2.16 bits per heavy atom. The quantitative estimate of drug-likeness (QED) is 0.412. The van der Waals surface area contributed by atoms with Gasteiger partial charge in [-0.15, -0.1) is 11.8 Å². The minimum Gasteiger partial charge on any atom is -0.321 e. The minimum atomic E-state index is -0.0876. The Balaban J connectivity index is 1.60. The molecule has 1 fully saturated rings. The molecule has 2 atom stereocenters. The average Bonchev–Trinajstić information content (AvgIpc) is 3.38. The summed E-state index contributed by atoms with van der Waals surface area (Å²) in [6, 6.07) is 30.5. The summed E-state index contributed by atoms with van der Waals surface area (Å²) >= 11 is 1.69. The van der Waals surface area contributed by atoms with Crippen molar-refractivity contribution in [2.75, 3.05) is 0 Å². The predicted molar refractivity (Wildman–Crippen MR) is 126 cm³/mol. The van der Waals surface area contributed by atoms with Gasteiger partial charge >= 0.3 is 0 Å². The van der Waals surface area contributed by atoms with E-state index < -0.39 is 0 Å². The van der Waals surface area contributed by atoms with E-state index in [9.17, 15) is 4.79 Å². The highest BCUT2D eigenvalue weighted by molar-refractivity contribution is 8.01. The Labute approximate surface area is 186 Å². The minimum absolute atomic E-state index is 0.0857. The van der Waals surface area contributed by atoms with Crippen molar-refractivity contribution >= 4 is 17.7 Å². The number of amides is 1. The van der Waals surface area contributed by atoms with Crippen molar-refractivity contribution in [1.29, 1.82) is 0 Å². The lowest BCUT2D eigenvalue weighted by Crippen LogP contribution is -2.29. The van der Waals surface area contributed by atoms with Crippen LogP contribution in [-0.4, -0.2) is 25.8 Å². The maximum atomic E-state index is 13.1. The molecule has 1 aliphatic heterocycles. The molecule has 2 heterocycles. The fraction of sp³-hybridized carbons (Fsp3) is 0.154. The molecule has 5 heteroatoms. The van der Waals surface area contributed by atoms with Crippen LogP contribution in [-0.2, 0) is 11.3 Å². The standard InChI is InChI=1S/C26H23N3OS/c1-19-25(30)28(17-20-11-5-2-6-12-20)26(31-19)23-18-29(22-15-9-4-10-16-22)27-24(23)21-13-7-3-8-14-21/h2-16,18-19,26H,17H2,1H3. The van der Waals surface area contributed by atoms with Gasteiger partial charge in [0, 0.05) is 23.9 Å². The van der Waals surface area contributed by atoms with Gasteiger partial charge in [0.25, 0.3) is 0 Å². The molecule has 2 unspecified atom stereocenters. The van der Waals surface area contributed by atoms with Crippen LogP contribution in [0.3, 0.4) is 0 Å². The summed E-state index contributed by atoms with van der Waals surface area (Å²) in [5, 5.41) is 4.78. The van der Waals surface area contributed by atoms with Crippen molar-refractivity contribution in [2.45, 2.75) is 24.1 Å². The lowest BCUT2D eigenvalue weighted by molar-refractivity contribution is -0.130. The van der Waals surface area contributed by atoms with E-state index in [4.69, 9.17) is 5.10 Å². The monoisotopic (exact) mass is 425 g/mol. The lowest BCUT2D eigenvalue weighted by atomic mass is 10.1. The van der Waals surface area contributed by atoms with E-state index >= 15 is 0 Å². The summed E-state index contributed by atoms with van der Waals surface area (Å²) in [5.41, 5.74) is 5.17. The van der Waals surface area contributed by atoms with Crippen LogP contribution in [0.15, 0.2) is 97.2 Å². The van der Waals surface area contributed by atoms with Crippen LogP contribution >= 0.6 is 11.8 Å². The largest absolute Gasteiger partial charge is 0.321 e. The molecule has 1 amide bonds. The smallest absolute Gasteiger partial charge is 0.236 e. The number of aromatic nitrogens is 2. The number of carbonyl (C=O) groups excluding carboxylic acids is 1. The van der Waals surface area contributed by atoms with Gasteiger partial charge in [0.2, 0.25) is 5.91 Å². The normalized spacial score (nSPS) is 18.5. The molecule has 0 saturated carbocycles. The van der Waals surface area contributed by atoms with E-state index in [1.165, 1.54) is 0 Å². The van der Waals surface area contributed by atoms with Gasteiger partial charge in [0.05, 0.1) is 16.6 Å². The van der Waals surface area contributed by atoms with Crippen LogP contribution in [0, 0.1) is 0 Å². The first kappa shape index (κ1) is 19.6. The first-order chi connectivity index (χ1) is 15.2. The van der Waals surface area contributed by atoms with Gasteiger partial charge in [-0.3, -0.25) is 4.79 Å². The fourth-order valence-electron chi connectivity index (χ4n) is 3.96. The van der Waals surface area contributed by atoms with Gasteiger partial charge < -0.3 is 4.90 Å². The van der Waals surface area contributed by atoms with Gasteiger partial charge in [-0.25, -0.2) is 4.68 Å². The van der Waals surface area contributed by atoms with Gasteiger partial charge in [0.15, 0.2) is 0 Å². The molecule has 0 bridgehead atoms. The van der Waals surface area contributed by atoms with Crippen molar-refractivity contribution in [1.82, 2.24) is 14.7 Å². The van der Waals surface area contributed by atoms with Crippen molar-refractivity contribution < 1.29 is 4.79 Å². The molecule has 1 saturated heterocycles. The van der Waals surface area contributed by atoms with E-state index in [0.29, 0.717) is 6.54 Å². The van der Waals surface area contributed by atoms with Crippen LogP contribution < -0.4 is 0 Å². The summed E-state index contributed by atoms with van der Waals surface area (Å²) < 4.78 is 1.92. The summed E-state index contributed by atoms with van der Waals surface area (Å²) in [6.07, 6.45) is 2.08. The van der Waals surface area contributed by atoms with Crippen LogP contribution in [0.1, 0.15) is 23.4 Å². The average molecular weight is 426 g/mol. The van der Waals surface area contributed by atoms with Gasteiger partial charge in [-0.2, -0.15) is 5.10 Å². The Hall–Kier alpha value is -3.31. The number of nitrogens with zero attached hydrogens (tertiary/aromatic N) is 3. The highest BCUT2D eigenvalue weighted by Gasteiger charge is 2.40. The van der Waals surface area contributed by atoms with Crippen molar-refractivity contribution in [3.63, 3.8) is 0 Å². The highest BCUT2D eigenvalue weighted by atomic mass is 32.2. The maximum absolute atomic E-state index is 13.1. The molecule has 31 heavy (non-hydrogen) atoms. The Morgan fingerprint density at radius 1 is 0.871 bits per heavy atom. The summed E-state index contributed by atoms with van der Waals surface area (Å²) in [7, 11) is 0. The maximum Gasteiger partial charge on any atom is 0.236 e. The number of thioether (sulfide) groups is 1. The second-order valence-corrected chi connectivity index (χ2v) is 9.09. The van der Waals surface area contributed by atoms with E-state index in [2.05, 4.69) is 30.5 Å². The molecule has 5 rings (SSSR count). The first-order valence-corrected chi connectivity index (χ1v) is 11.4. The number of carbonyl (C=O) groups is 1. The van der Waals surface area contributed by atoms with Crippen molar-refractivity contribution in [2.24, 2.45) is 0 Å². The lowest BCUT2D eigenvalue weighted by Gasteiger charge is -2.24. The number of rotatable bonds is 5. The third-order valence-electron chi connectivity index (χ3n) is 5.52. The molecule has 0 N–H and O–H groups in total. The number of para-hydroxylation sites is 1. The molecular weight excluding hydrogens is 402 g/mol. The van der Waals surface area contributed by atoms with Crippen LogP contribution in [0.25, 0.3) is 16.9 Å². The summed E-state index contributed by atoms with van der Waals surface area (Å²) in [4.78, 5) is 15.1. The number of benzene rings is 3. The molecule has 0 spiro atoms. The molecule has 4 aromatic rings. The Morgan fingerprint density at radius 2 is 1.48 bits per heavy atom. The zero-order valence-electron chi connectivity index (χ0n) is 17.3. The second kappa shape index (κ2) is 8.44. The summed E-state index contributed by atoms with van der Waals surface area (Å²) in [6.45, 7) is 2.58. The first-order valence-electron chi connectivity index (χ1n) is 10.4. The molecule has 3 aromatic carbocycles. The topological polar surface area (TPSA) is 38.1 Å².